The van der Waals surface area contributed by atoms with Crippen LogP contribution in [-0.2, 0) is 0 Å². The van der Waals surface area contributed by atoms with Crippen molar-refractivity contribution in [3.63, 3.8) is 0 Å². The zero-order chi connectivity index (χ0) is 8.23. The first-order chi connectivity index (χ1) is 5.95. The van der Waals surface area contributed by atoms with Crippen LogP contribution in [0.1, 0.15) is 0 Å². The van der Waals surface area contributed by atoms with E-state index in [0.29, 0.717) is 5.95 Å². The second-order valence-electron chi connectivity index (χ2n) is 2.09. The molecule has 0 fully saturated rings. The molecule has 0 aliphatic heterocycles. The molecule has 2 heterocycles. The van der Waals surface area contributed by atoms with E-state index in [-0.39, 0.29) is 0 Å². The molecule has 0 bridgehead atoms. The van der Waals surface area contributed by atoms with Gasteiger partial charge in [-0.05, 0) is 0 Å². The highest BCUT2D eigenvalue weighted by molar-refractivity contribution is 5.48. The van der Waals surface area contributed by atoms with Gasteiger partial charge in [-0.2, -0.15) is 10.1 Å². The summed E-state index contributed by atoms with van der Waals surface area (Å²) in [5, 5.41) is 9.27. The van der Waals surface area contributed by atoms with E-state index in [9.17, 15) is 0 Å². The molecule has 0 aromatic carbocycles. The minimum atomic E-state index is 0.574. The zero-order valence-electron chi connectivity index (χ0n) is 6.10. The Morgan fingerprint density at radius 2 is 2.00 bits per heavy atom. The number of anilines is 2. The number of nitrogens with zero attached hydrogens (tertiary/aromatic N) is 4. The van der Waals surface area contributed by atoms with Crippen LogP contribution in [0.25, 0.3) is 0 Å². The van der Waals surface area contributed by atoms with Crippen LogP contribution < -0.4 is 5.32 Å². The molecule has 6 heteroatoms. The molecule has 0 unspecified atom stereocenters. The van der Waals surface area contributed by atoms with Gasteiger partial charge >= 0.3 is 0 Å². The van der Waals surface area contributed by atoms with Crippen molar-refractivity contribution >= 4 is 11.6 Å². The molecular formula is C6H6N6. The van der Waals surface area contributed by atoms with Crippen molar-refractivity contribution in [2.24, 2.45) is 0 Å². The van der Waals surface area contributed by atoms with Crippen LogP contribution in [0.15, 0.2) is 25.0 Å². The van der Waals surface area contributed by atoms with E-state index < -0.39 is 0 Å². The molecule has 2 aromatic rings. The maximum atomic E-state index is 3.88. The topological polar surface area (TPSA) is 79.4 Å². The van der Waals surface area contributed by atoms with Gasteiger partial charge in [0, 0.05) is 0 Å². The normalized spacial score (nSPS) is 9.67. The van der Waals surface area contributed by atoms with E-state index in [4.69, 9.17) is 0 Å². The monoisotopic (exact) mass is 162 g/mol. The van der Waals surface area contributed by atoms with Crippen molar-refractivity contribution in [2.75, 3.05) is 5.32 Å². The van der Waals surface area contributed by atoms with Crippen LogP contribution in [0, 0.1) is 0 Å². The molecule has 6 nitrogen and oxygen atoms in total. The number of rotatable bonds is 2. The van der Waals surface area contributed by atoms with Gasteiger partial charge in [-0.15, -0.1) is 0 Å². The summed E-state index contributed by atoms with van der Waals surface area (Å²) in [6.07, 6.45) is 6.18. The van der Waals surface area contributed by atoms with E-state index in [2.05, 4.69) is 30.5 Å². The average molecular weight is 162 g/mol. The predicted molar refractivity (Wildman–Crippen MR) is 41.7 cm³/mol. The Morgan fingerprint density at radius 3 is 2.67 bits per heavy atom. The molecule has 60 valence electrons. The SMILES string of the molecule is c1ncc(Nc2ncn[nH]2)cn1. The maximum absolute atomic E-state index is 3.88. The third kappa shape index (κ3) is 1.36. The standard InChI is InChI=1S/C6H6N6/c1-5(2-8-3-7-1)11-6-9-4-10-12-6/h1-4H,(H2,9,10,11,12). The molecule has 0 amide bonds. The number of hydrogen-bond donors (Lipinski definition) is 2. The Kier molecular flexibility index (Phi) is 1.65. The fourth-order valence-electron chi connectivity index (χ4n) is 0.766. The fraction of sp³-hybridized carbons (Fsp3) is 0. The first-order valence-corrected chi connectivity index (χ1v) is 3.32. The highest BCUT2D eigenvalue weighted by Crippen LogP contribution is 2.06. The van der Waals surface area contributed by atoms with Crippen LogP contribution in [0.5, 0.6) is 0 Å². The van der Waals surface area contributed by atoms with E-state index in [1.165, 1.54) is 12.7 Å². The molecule has 0 atom stereocenters. The van der Waals surface area contributed by atoms with Crippen molar-refractivity contribution in [3.8, 4) is 0 Å². The van der Waals surface area contributed by atoms with Gasteiger partial charge in [0.25, 0.3) is 0 Å². The lowest BCUT2D eigenvalue weighted by Gasteiger charge is -1.98. The highest BCUT2D eigenvalue weighted by Gasteiger charge is 1.94. The molecule has 0 aliphatic carbocycles. The molecule has 2 aromatic heterocycles. The van der Waals surface area contributed by atoms with Gasteiger partial charge < -0.3 is 5.32 Å². The van der Waals surface area contributed by atoms with Crippen molar-refractivity contribution < 1.29 is 0 Å². The van der Waals surface area contributed by atoms with Crippen molar-refractivity contribution in [2.45, 2.75) is 0 Å². The van der Waals surface area contributed by atoms with Crippen molar-refractivity contribution in [3.05, 3.63) is 25.0 Å². The molecule has 12 heavy (non-hydrogen) atoms. The van der Waals surface area contributed by atoms with Gasteiger partial charge in [-0.3, -0.25) is 0 Å². The first kappa shape index (κ1) is 6.71. The third-order valence-corrected chi connectivity index (χ3v) is 1.24. The van der Waals surface area contributed by atoms with Gasteiger partial charge in [0.1, 0.15) is 12.7 Å². The molecular weight excluding hydrogens is 156 g/mol. The van der Waals surface area contributed by atoms with E-state index in [0.717, 1.165) is 5.69 Å². The Labute approximate surface area is 68.1 Å². The summed E-state index contributed by atoms with van der Waals surface area (Å²) in [6, 6.07) is 0. The van der Waals surface area contributed by atoms with Crippen LogP contribution in [0.4, 0.5) is 11.6 Å². The quantitative estimate of drug-likeness (QED) is 0.665. The Balaban J connectivity index is 2.15. The molecule has 0 saturated heterocycles. The smallest absolute Gasteiger partial charge is 0.223 e. The van der Waals surface area contributed by atoms with Gasteiger partial charge in [-0.25, -0.2) is 15.1 Å². The molecule has 0 radical (unpaired) electrons. The third-order valence-electron chi connectivity index (χ3n) is 1.24. The first-order valence-electron chi connectivity index (χ1n) is 3.32. The fourth-order valence-corrected chi connectivity index (χ4v) is 0.766. The van der Waals surface area contributed by atoms with Crippen LogP contribution in [0.3, 0.4) is 0 Å². The molecule has 0 saturated carbocycles. The summed E-state index contributed by atoms with van der Waals surface area (Å²) in [6.45, 7) is 0. The van der Waals surface area contributed by atoms with Crippen molar-refractivity contribution in [1.82, 2.24) is 25.1 Å². The number of H-pyrrole nitrogens is 1. The van der Waals surface area contributed by atoms with Crippen LogP contribution >= 0.6 is 0 Å². The Hall–Kier alpha value is -1.98. The number of aromatic nitrogens is 5. The predicted octanol–water partition coefficient (Wildman–Crippen LogP) is 0.338. The number of hydrogen-bond acceptors (Lipinski definition) is 5. The summed E-state index contributed by atoms with van der Waals surface area (Å²) >= 11 is 0. The second-order valence-corrected chi connectivity index (χ2v) is 2.09. The molecule has 0 spiro atoms. The van der Waals surface area contributed by atoms with Gasteiger partial charge in [0.15, 0.2) is 0 Å². The molecule has 0 aliphatic rings. The molecule has 2 N–H and O–H groups in total. The summed E-state index contributed by atoms with van der Waals surface area (Å²) in [7, 11) is 0. The Bertz CT molecular complexity index is 328. The lowest BCUT2D eigenvalue weighted by atomic mass is 10.5. The second kappa shape index (κ2) is 2.95. The maximum Gasteiger partial charge on any atom is 0.223 e. The summed E-state index contributed by atoms with van der Waals surface area (Å²) in [5.74, 6) is 0.574. The lowest BCUT2D eigenvalue weighted by molar-refractivity contribution is 1.09. The largest absolute Gasteiger partial charge is 0.322 e. The number of aromatic amines is 1. The summed E-state index contributed by atoms with van der Waals surface area (Å²) < 4.78 is 0. The van der Waals surface area contributed by atoms with Crippen molar-refractivity contribution in [1.29, 1.82) is 0 Å². The van der Waals surface area contributed by atoms with Gasteiger partial charge in [0.2, 0.25) is 5.95 Å². The minimum Gasteiger partial charge on any atom is -0.322 e. The van der Waals surface area contributed by atoms with Crippen LogP contribution in [-0.4, -0.2) is 25.1 Å². The summed E-state index contributed by atoms with van der Waals surface area (Å²) in [5.41, 5.74) is 0.772. The highest BCUT2D eigenvalue weighted by atomic mass is 15.3. The molecule has 2 rings (SSSR count). The zero-order valence-corrected chi connectivity index (χ0v) is 6.10. The van der Waals surface area contributed by atoms with E-state index >= 15 is 0 Å². The minimum absolute atomic E-state index is 0.574. The van der Waals surface area contributed by atoms with Gasteiger partial charge in [-0.1, -0.05) is 0 Å². The summed E-state index contributed by atoms with van der Waals surface area (Å²) in [4.78, 5) is 11.5. The van der Waals surface area contributed by atoms with E-state index in [1.807, 2.05) is 0 Å². The van der Waals surface area contributed by atoms with E-state index in [1.54, 1.807) is 12.4 Å². The number of nitrogens with one attached hydrogen (secondary N) is 2. The Morgan fingerprint density at radius 1 is 1.17 bits per heavy atom. The van der Waals surface area contributed by atoms with Gasteiger partial charge in [0.05, 0.1) is 18.1 Å². The lowest BCUT2D eigenvalue weighted by Crippen LogP contribution is -1.93. The average Bonchev–Trinajstić information content (AvgIpc) is 2.59. The van der Waals surface area contributed by atoms with Crippen LogP contribution in [0.2, 0.25) is 0 Å².